The van der Waals surface area contributed by atoms with Crippen LogP contribution in [-0.2, 0) is 0 Å². The summed E-state index contributed by atoms with van der Waals surface area (Å²) in [4.78, 5) is 0. The van der Waals surface area contributed by atoms with Gasteiger partial charge >= 0.3 is 0 Å². The molecule has 2 aromatic carbocycles. The van der Waals surface area contributed by atoms with E-state index in [9.17, 15) is 0 Å². The van der Waals surface area contributed by atoms with Crippen molar-refractivity contribution >= 4 is 31.9 Å². The zero-order valence-corrected chi connectivity index (χ0v) is 13.6. The Bertz CT molecular complexity index is 638. The van der Waals surface area contributed by atoms with E-state index in [4.69, 9.17) is 14.7 Å². The maximum absolute atomic E-state index is 8.80. The molecule has 0 saturated carbocycles. The first-order chi connectivity index (χ1) is 9.69. The molecule has 2 rings (SSSR count). The Balaban J connectivity index is 1.83. The fourth-order valence-electron chi connectivity index (χ4n) is 1.56. The van der Waals surface area contributed by atoms with E-state index in [0.29, 0.717) is 24.5 Å². The molecule has 0 aliphatic rings. The topological polar surface area (TPSA) is 42.2 Å². The zero-order chi connectivity index (χ0) is 14.4. The van der Waals surface area contributed by atoms with Crippen LogP contribution in [0.5, 0.6) is 11.5 Å². The molecular weight excluding hydrogens is 386 g/mol. The molecule has 0 fully saturated rings. The van der Waals surface area contributed by atoms with Gasteiger partial charge in [0.05, 0.1) is 16.1 Å². The summed E-state index contributed by atoms with van der Waals surface area (Å²) in [7, 11) is 0. The van der Waals surface area contributed by atoms with Crippen LogP contribution in [-0.4, -0.2) is 13.2 Å². The average Bonchev–Trinajstić information content (AvgIpc) is 2.45. The van der Waals surface area contributed by atoms with Crippen LogP contribution in [0.15, 0.2) is 51.4 Å². The summed E-state index contributed by atoms with van der Waals surface area (Å²) >= 11 is 6.82. The van der Waals surface area contributed by atoms with Crippen molar-refractivity contribution < 1.29 is 9.47 Å². The van der Waals surface area contributed by atoms with Crippen molar-refractivity contribution in [3.8, 4) is 17.6 Å². The highest BCUT2D eigenvalue weighted by molar-refractivity contribution is 9.11. The molecule has 3 nitrogen and oxygen atoms in total. The molecule has 0 spiro atoms. The predicted octanol–water partition coefficient (Wildman–Crippen LogP) is 4.54. The van der Waals surface area contributed by atoms with Gasteiger partial charge in [0.1, 0.15) is 24.7 Å². The summed E-state index contributed by atoms with van der Waals surface area (Å²) in [5.74, 6) is 1.44. The first kappa shape index (κ1) is 14.9. The molecule has 0 aliphatic carbocycles. The van der Waals surface area contributed by atoms with E-state index in [-0.39, 0.29) is 0 Å². The molecule has 0 saturated heterocycles. The zero-order valence-electron chi connectivity index (χ0n) is 10.5. The predicted molar refractivity (Wildman–Crippen MR) is 84.0 cm³/mol. The van der Waals surface area contributed by atoms with Crippen molar-refractivity contribution in [1.29, 1.82) is 5.26 Å². The Hall–Kier alpha value is -1.51. The molecule has 2 aromatic rings. The Kier molecular flexibility index (Phi) is 5.45. The molecule has 0 N–H and O–H groups in total. The van der Waals surface area contributed by atoms with Crippen molar-refractivity contribution in [1.82, 2.24) is 0 Å². The van der Waals surface area contributed by atoms with Gasteiger partial charge in [-0.15, -0.1) is 0 Å². The molecule has 0 aromatic heterocycles. The van der Waals surface area contributed by atoms with Gasteiger partial charge in [-0.3, -0.25) is 0 Å². The number of benzene rings is 2. The largest absolute Gasteiger partial charge is 0.490 e. The molecular formula is C15H11Br2NO2. The van der Waals surface area contributed by atoms with Gasteiger partial charge in [0.2, 0.25) is 0 Å². The summed E-state index contributed by atoms with van der Waals surface area (Å²) in [5, 5.41) is 8.80. The second-order valence-electron chi connectivity index (χ2n) is 3.91. The fourth-order valence-corrected chi connectivity index (χ4v) is 2.72. The van der Waals surface area contributed by atoms with Gasteiger partial charge in [-0.25, -0.2) is 0 Å². The minimum absolute atomic E-state index is 0.414. The van der Waals surface area contributed by atoms with Crippen LogP contribution in [0.3, 0.4) is 0 Å². The Labute approximate surface area is 134 Å². The standard InChI is InChI=1S/C15H11Br2NO2/c16-12-4-5-15(14(17)9-12)20-7-6-19-13-3-1-2-11(8-13)10-18/h1-5,8-9H,6-7H2. The van der Waals surface area contributed by atoms with Crippen LogP contribution in [0.1, 0.15) is 5.56 Å². The van der Waals surface area contributed by atoms with Crippen molar-refractivity contribution in [2.45, 2.75) is 0 Å². The lowest BCUT2D eigenvalue weighted by Crippen LogP contribution is -2.09. The van der Waals surface area contributed by atoms with Gasteiger partial charge in [0.25, 0.3) is 0 Å². The van der Waals surface area contributed by atoms with E-state index < -0.39 is 0 Å². The normalized spacial score (nSPS) is 9.85. The van der Waals surface area contributed by atoms with E-state index in [2.05, 4.69) is 37.9 Å². The summed E-state index contributed by atoms with van der Waals surface area (Å²) in [6.45, 7) is 0.842. The molecule has 0 radical (unpaired) electrons. The first-order valence-corrected chi connectivity index (χ1v) is 7.48. The van der Waals surface area contributed by atoms with Crippen LogP contribution in [0.2, 0.25) is 0 Å². The lowest BCUT2D eigenvalue weighted by Gasteiger charge is -2.10. The van der Waals surface area contributed by atoms with Gasteiger partial charge in [0, 0.05) is 4.47 Å². The molecule has 0 unspecified atom stereocenters. The lowest BCUT2D eigenvalue weighted by molar-refractivity contribution is 0.216. The third kappa shape index (κ3) is 4.26. The molecule has 20 heavy (non-hydrogen) atoms. The Morgan fingerprint density at radius 2 is 1.80 bits per heavy atom. The highest BCUT2D eigenvalue weighted by Gasteiger charge is 2.02. The molecule has 0 amide bonds. The van der Waals surface area contributed by atoms with E-state index in [1.54, 1.807) is 18.2 Å². The van der Waals surface area contributed by atoms with Gasteiger partial charge in [-0.2, -0.15) is 5.26 Å². The van der Waals surface area contributed by atoms with Crippen LogP contribution < -0.4 is 9.47 Å². The minimum atomic E-state index is 0.414. The van der Waals surface area contributed by atoms with E-state index in [1.807, 2.05) is 24.3 Å². The second-order valence-corrected chi connectivity index (χ2v) is 5.68. The molecule has 0 heterocycles. The van der Waals surface area contributed by atoms with Crippen LogP contribution in [0.25, 0.3) is 0 Å². The minimum Gasteiger partial charge on any atom is -0.490 e. The highest BCUT2D eigenvalue weighted by atomic mass is 79.9. The lowest BCUT2D eigenvalue weighted by atomic mass is 10.2. The number of halogens is 2. The third-order valence-corrected chi connectivity index (χ3v) is 3.58. The third-order valence-electron chi connectivity index (χ3n) is 2.47. The summed E-state index contributed by atoms with van der Waals surface area (Å²) in [6, 6.07) is 14.8. The smallest absolute Gasteiger partial charge is 0.133 e. The first-order valence-electron chi connectivity index (χ1n) is 5.90. The average molecular weight is 397 g/mol. The summed E-state index contributed by atoms with van der Waals surface area (Å²) in [6.07, 6.45) is 0. The number of nitriles is 1. The van der Waals surface area contributed by atoms with Crippen LogP contribution in [0, 0.1) is 11.3 Å². The van der Waals surface area contributed by atoms with Crippen molar-refractivity contribution in [2.75, 3.05) is 13.2 Å². The number of rotatable bonds is 5. The SMILES string of the molecule is N#Cc1cccc(OCCOc2ccc(Br)cc2Br)c1. The summed E-state index contributed by atoms with van der Waals surface area (Å²) in [5.41, 5.74) is 0.582. The number of nitrogens with zero attached hydrogens (tertiary/aromatic N) is 1. The highest BCUT2D eigenvalue weighted by Crippen LogP contribution is 2.28. The van der Waals surface area contributed by atoms with E-state index in [1.165, 1.54) is 0 Å². The summed E-state index contributed by atoms with van der Waals surface area (Å²) < 4.78 is 13.0. The van der Waals surface area contributed by atoms with E-state index in [0.717, 1.165) is 14.7 Å². The Morgan fingerprint density at radius 3 is 2.55 bits per heavy atom. The monoisotopic (exact) mass is 395 g/mol. The molecule has 0 aliphatic heterocycles. The maximum Gasteiger partial charge on any atom is 0.133 e. The quantitative estimate of drug-likeness (QED) is 0.696. The molecule has 0 bridgehead atoms. The molecule has 5 heteroatoms. The van der Waals surface area contributed by atoms with Gasteiger partial charge in [-0.05, 0) is 52.3 Å². The van der Waals surface area contributed by atoms with Gasteiger partial charge in [0.15, 0.2) is 0 Å². The van der Waals surface area contributed by atoms with Gasteiger partial charge < -0.3 is 9.47 Å². The second kappa shape index (κ2) is 7.32. The van der Waals surface area contributed by atoms with E-state index >= 15 is 0 Å². The van der Waals surface area contributed by atoms with Gasteiger partial charge in [-0.1, -0.05) is 22.0 Å². The number of hydrogen-bond donors (Lipinski definition) is 0. The number of hydrogen-bond acceptors (Lipinski definition) is 3. The van der Waals surface area contributed by atoms with Crippen molar-refractivity contribution in [2.24, 2.45) is 0 Å². The number of ether oxygens (including phenoxy) is 2. The fraction of sp³-hybridized carbons (Fsp3) is 0.133. The van der Waals surface area contributed by atoms with Crippen LogP contribution in [0.4, 0.5) is 0 Å². The van der Waals surface area contributed by atoms with Crippen LogP contribution >= 0.6 is 31.9 Å². The van der Waals surface area contributed by atoms with Crippen molar-refractivity contribution in [3.63, 3.8) is 0 Å². The maximum atomic E-state index is 8.80. The Morgan fingerprint density at radius 1 is 1.00 bits per heavy atom. The van der Waals surface area contributed by atoms with Crippen molar-refractivity contribution in [3.05, 3.63) is 57.0 Å². The molecule has 102 valence electrons. The molecule has 0 atom stereocenters.